The lowest BCUT2D eigenvalue weighted by Gasteiger charge is -2.34. The molecule has 2 unspecified atom stereocenters. The lowest BCUT2D eigenvalue weighted by molar-refractivity contribution is -0.166. The van der Waals surface area contributed by atoms with Gasteiger partial charge in [0.25, 0.3) is 0 Å². The number of esters is 2. The third kappa shape index (κ3) is 4.84. The average molecular weight is 356 g/mol. The van der Waals surface area contributed by atoms with Gasteiger partial charge < -0.3 is 9.47 Å². The molecular formula is C22H28O4. The van der Waals surface area contributed by atoms with Crippen molar-refractivity contribution in [2.24, 2.45) is 5.41 Å². The van der Waals surface area contributed by atoms with Crippen molar-refractivity contribution >= 4 is 17.5 Å². The Kier molecular flexibility index (Phi) is 7.19. The van der Waals surface area contributed by atoms with Crippen LogP contribution in [-0.4, -0.2) is 24.6 Å². The largest absolute Gasteiger partial charge is 0.465 e. The van der Waals surface area contributed by atoms with Crippen molar-refractivity contribution in [3.8, 4) is 0 Å². The molecule has 0 fully saturated rings. The molecule has 0 heterocycles. The van der Waals surface area contributed by atoms with Gasteiger partial charge in [0.15, 0.2) is 0 Å². The van der Waals surface area contributed by atoms with Crippen LogP contribution in [0.2, 0.25) is 0 Å². The Morgan fingerprint density at radius 2 is 1.92 bits per heavy atom. The van der Waals surface area contributed by atoms with Crippen LogP contribution in [0, 0.1) is 5.41 Å². The SMILES string of the molecule is CCCCCOC(=O)C1(C(C)OC(C)=O)C=CC(c2ccccc2)=CC1. The van der Waals surface area contributed by atoms with Crippen molar-refractivity contribution in [1.29, 1.82) is 0 Å². The third-order valence-electron chi connectivity index (χ3n) is 4.76. The fourth-order valence-corrected chi connectivity index (χ4v) is 3.12. The minimum absolute atomic E-state index is 0.332. The fourth-order valence-electron chi connectivity index (χ4n) is 3.12. The van der Waals surface area contributed by atoms with Crippen LogP contribution in [0.1, 0.15) is 52.0 Å². The Labute approximate surface area is 155 Å². The Hall–Kier alpha value is -2.36. The summed E-state index contributed by atoms with van der Waals surface area (Å²) in [6.07, 6.45) is 8.55. The summed E-state index contributed by atoms with van der Waals surface area (Å²) < 4.78 is 10.9. The summed E-state index contributed by atoms with van der Waals surface area (Å²) in [6, 6.07) is 9.99. The van der Waals surface area contributed by atoms with E-state index in [1.807, 2.05) is 48.6 Å². The van der Waals surface area contributed by atoms with E-state index in [2.05, 4.69) is 6.92 Å². The van der Waals surface area contributed by atoms with Crippen LogP contribution in [0.4, 0.5) is 0 Å². The van der Waals surface area contributed by atoms with Crippen LogP contribution < -0.4 is 0 Å². The maximum atomic E-state index is 12.9. The van der Waals surface area contributed by atoms with Crippen molar-refractivity contribution in [2.45, 2.75) is 52.6 Å². The lowest BCUT2D eigenvalue weighted by atomic mass is 9.75. The maximum Gasteiger partial charge on any atom is 0.320 e. The zero-order chi connectivity index (χ0) is 19.0. The number of hydrogen-bond donors (Lipinski definition) is 0. The van der Waals surface area contributed by atoms with E-state index in [0.29, 0.717) is 13.0 Å². The molecular weight excluding hydrogens is 328 g/mol. The third-order valence-corrected chi connectivity index (χ3v) is 4.76. The van der Waals surface area contributed by atoms with Crippen molar-refractivity contribution in [2.75, 3.05) is 6.61 Å². The number of hydrogen-bond acceptors (Lipinski definition) is 4. The predicted octanol–water partition coefficient (Wildman–Crippen LogP) is 4.70. The number of rotatable bonds is 8. The first kappa shape index (κ1) is 20.0. The smallest absolute Gasteiger partial charge is 0.320 e. The van der Waals surface area contributed by atoms with E-state index in [4.69, 9.17) is 9.47 Å². The van der Waals surface area contributed by atoms with Gasteiger partial charge >= 0.3 is 11.9 Å². The van der Waals surface area contributed by atoms with Gasteiger partial charge in [0.05, 0.1) is 6.61 Å². The molecule has 2 rings (SSSR count). The van der Waals surface area contributed by atoms with Gasteiger partial charge in [0, 0.05) is 6.92 Å². The molecule has 1 aliphatic rings. The normalized spacial score (nSPS) is 20.2. The Balaban J connectivity index is 2.18. The highest BCUT2D eigenvalue weighted by Gasteiger charge is 2.45. The number of ether oxygens (including phenoxy) is 2. The topological polar surface area (TPSA) is 52.6 Å². The monoisotopic (exact) mass is 356 g/mol. The quantitative estimate of drug-likeness (QED) is 0.500. The van der Waals surface area contributed by atoms with E-state index in [1.165, 1.54) is 6.92 Å². The van der Waals surface area contributed by atoms with Gasteiger partial charge in [-0.15, -0.1) is 0 Å². The molecule has 0 radical (unpaired) electrons. The first-order valence-electron chi connectivity index (χ1n) is 9.29. The molecule has 0 spiro atoms. The Morgan fingerprint density at radius 1 is 1.19 bits per heavy atom. The van der Waals surface area contributed by atoms with Crippen LogP contribution in [-0.2, 0) is 19.1 Å². The minimum atomic E-state index is -0.976. The summed E-state index contributed by atoms with van der Waals surface area (Å²) in [6.45, 7) is 5.60. The van der Waals surface area contributed by atoms with Gasteiger partial charge in [-0.25, -0.2) is 0 Å². The first-order chi connectivity index (χ1) is 12.5. The Morgan fingerprint density at radius 3 is 2.50 bits per heavy atom. The zero-order valence-electron chi connectivity index (χ0n) is 15.9. The second kappa shape index (κ2) is 9.37. The molecule has 1 aromatic rings. The summed E-state index contributed by atoms with van der Waals surface area (Å²) >= 11 is 0. The summed E-state index contributed by atoms with van der Waals surface area (Å²) in [5.41, 5.74) is 1.17. The molecule has 1 aliphatic carbocycles. The van der Waals surface area contributed by atoms with Crippen LogP contribution in [0.5, 0.6) is 0 Å². The highest BCUT2D eigenvalue weighted by Crippen LogP contribution is 2.39. The standard InChI is InChI=1S/C22H28O4/c1-4-5-9-16-25-21(24)22(17(2)26-18(3)23)14-12-20(13-15-22)19-10-7-6-8-11-19/h6-8,10-14,17H,4-5,9,15-16H2,1-3H3. The molecule has 0 N–H and O–H groups in total. The zero-order valence-corrected chi connectivity index (χ0v) is 15.9. The van der Waals surface area contributed by atoms with Crippen LogP contribution in [0.25, 0.3) is 5.57 Å². The highest BCUT2D eigenvalue weighted by molar-refractivity contribution is 5.85. The van der Waals surface area contributed by atoms with Gasteiger partial charge in [0.2, 0.25) is 0 Å². The van der Waals surface area contributed by atoms with Gasteiger partial charge in [-0.2, -0.15) is 0 Å². The first-order valence-corrected chi connectivity index (χ1v) is 9.29. The highest BCUT2D eigenvalue weighted by atomic mass is 16.6. The summed E-state index contributed by atoms with van der Waals surface area (Å²) in [4.78, 5) is 24.3. The Bertz CT molecular complexity index is 675. The molecule has 2 atom stereocenters. The van der Waals surface area contributed by atoms with Gasteiger partial charge in [0.1, 0.15) is 11.5 Å². The molecule has 0 saturated heterocycles. The lowest BCUT2D eigenvalue weighted by Crippen LogP contribution is -2.43. The van der Waals surface area contributed by atoms with E-state index in [9.17, 15) is 9.59 Å². The van der Waals surface area contributed by atoms with Gasteiger partial charge in [-0.3, -0.25) is 9.59 Å². The second-order valence-electron chi connectivity index (χ2n) is 6.70. The van der Waals surface area contributed by atoms with E-state index in [1.54, 1.807) is 6.92 Å². The number of carbonyl (C=O) groups excluding carboxylic acids is 2. The van der Waals surface area contributed by atoms with E-state index in [-0.39, 0.29) is 5.97 Å². The summed E-state index contributed by atoms with van der Waals surface area (Å²) in [5, 5.41) is 0. The van der Waals surface area contributed by atoms with Crippen LogP contribution in [0.15, 0.2) is 48.6 Å². The maximum absolute atomic E-state index is 12.9. The average Bonchev–Trinajstić information content (AvgIpc) is 2.65. The molecule has 4 heteroatoms. The van der Waals surface area contributed by atoms with Crippen LogP contribution in [0.3, 0.4) is 0 Å². The molecule has 0 amide bonds. The number of carbonyl (C=O) groups is 2. The fraction of sp³-hybridized carbons (Fsp3) is 0.455. The molecule has 0 bridgehead atoms. The number of unbranched alkanes of at least 4 members (excludes halogenated alkanes) is 2. The molecule has 4 nitrogen and oxygen atoms in total. The minimum Gasteiger partial charge on any atom is -0.465 e. The van der Waals surface area contributed by atoms with E-state index >= 15 is 0 Å². The molecule has 0 aliphatic heterocycles. The van der Waals surface area contributed by atoms with Crippen molar-refractivity contribution in [3.05, 3.63) is 54.1 Å². The van der Waals surface area contributed by atoms with E-state index < -0.39 is 17.5 Å². The second-order valence-corrected chi connectivity index (χ2v) is 6.70. The van der Waals surface area contributed by atoms with Gasteiger partial charge in [-0.1, -0.05) is 68.3 Å². The molecule has 140 valence electrons. The number of allylic oxidation sites excluding steroid dienone is 3. The van der Waals surface area contributed by atoms with Crippen molar-refractivity contribution in [3.63, 3.8) is 0 Å². The number of benzene rings is 1. The molecule has 0 saturated carbocycles. The summed E-state index contributed by atoms with van der Waals surface area (Å²) in [5.74, 6) is -0.733. The van der Waals surface area contributed by atoms with Crippen molar-refractivity contribution < 1.29 is 19.1 Å². The van der Waals surface area contributed by atoms with Crippen molar-refractivity contribution in [1.82, 2.24) is 0 Å². The van der Waals surface area contributed by atoms with E-state index in [0.717, 1.165) is 30.4 Å². The predicted molar refractivity (Wildman–Crippen MR) is 102 cm³/mol. The molecule has 26 heavy (non-hydrogen) atoms. The molecule has 1 aromatic carbocycles. The van der Waals surface area contributed by atoms with Gasteiger partial charge in [-0.05, 0) is 30.9 Å². The summed E-state index contributed by atoms with van der Waals surface area (Å²) in [7, 11) is 0. The molecule has 0 aromatic heterocycles. The van der Waals surface area contributed by atoms with Crippen LogP contribution >= 0.6 is 0 Å².